The van der Waals surface area contributed by atoms with Crippen molar-refractivity contribution in [1.82, 2.24) is 24.7 Å². The molecular weight excluding hydrogens is 454 g/mol. The number of fused-ring (bicyclic) bond motifs is 1. The van der Waals surface area contributed by atoms with Gasteiger partial charge in [-0.05, 0) is 31.2 Å². The second-order valence-electron chi connectivity index (χ2n) is 6.67. The molecule has 7 nitrogen and oxygen atoms in total. The van der Waals surface area contributed by atoms with E-state index in [2.05, 4.69) is 20.2 Å². The molecule has 0 fully saturated rings. The molecule has 0 aliphatic rings. The molecule has 5 rings (SSSR count). The molecule has 5 aromatic rings. The third-order valence-corrected chi connectivity index (χ3v) is 6.82. The molecule has 0 atom stereocenters. The van der Waals surface area contributed by atoms with Gasteiger partial charge in [-0.3, -0.25) is 4.79 Å². The zero-order valence-electron chi connectivity index (χ0n) is 16.3. The number of furan rings is 1. The van der Waals surface area contributed by atoms with Gasteiger partial charge in [-0.2, -0.15) is 0 Å². The molecular formula is C21H16ClN5O2S2. The first-order valence-corrected chi connectivity index (χ1v) is 11.7. The summed E-state index contributed by atoms with van der Waals surface area (Å²) < 4.78 is 7.46. The minimum Gasteiger partial charge on any atom is -0.464 e. The van der Waals surface area contributed by atoms with Crippen molar-refractivity contribution >= 4 is 44.9 Å². The van der Waals surface area contributed by atoms with Gasteiger partial charge in [0.15, 0.2) is 11.0 Å². The molecule has 0 amide bonds. The van der Waals surface area contributed by atoms with E-state index in [1.807, 2.05) is 47.2 Å². The lowest BCUT2D eigenvalue weighted by Gasteiger charge is -2.07. The molecule has 0 spiro atoms. The molecule has 31 heavy (non-hydrogen) atoms. The lowest BCUT2D eigenvalue weighted by molar-refractivity contribution is 0.583. The van der Waals surface area contributed by atoms with Crippen LogP contribution in [-0.4, -0.2) is 24.7 Å². The van der Waals surface area contributed by atoms with Gasteiger partial charge in [0.05, 0.1) is 17.4 Å². The van der Waals surface area contributed by atoms with Crippen LogP contribution in [-0.2, 0) is 12.3 Å². The highest BCUT2D eigenvalue weighted by Crippen LogP contribution is 2.32. The number of nitrogens with one attached hydrogen (secondary N) is 1. The zero-order chi connectivity index (χ0) is 21.4. The van der Waals surface area contributed by atoms with Crippen molar-refractivity contribution < 1.29 is 4.42 Å². The van der Waals surface area contributed by atoms with Gasteiger partial charge in [-0.15, -0.1) is 21.5 Å². The third kappa shape index (κ3) is 3.80. The number of thiophene rings is 1. The maximum Gasteiger partial charge on any atom is 0.260 e. The summed E-state index contributed by atoms with van der Waals surface area (Å²) in [7, 11) is 0. The fraction of sp³-hybridized carbons (Fsp3) is 0.143. The van der Waals surface area contributed by atoms with Crippen molar-refractivity contribution in [2.75, 3.05) is 0 Å². The summed E-state index contributed by atoms with van der Waals surface area (Å²) in [5.74, 6) is 2.47. The highest BCUT2D eigenvalue weighted by Gasteiger charge is 2.17. The Bertz CT molecular complexity index is 1420. The monoisotopic (exact) mass is 469 g/mol. The summed E-state index contributed by atoms with van der Waals surface area (Å²) in [5, 5.41) is 12.5. The molecule has 4 aromatic heterocycles. The van der Waals surface area contributed by atoms with Crippen LogP contribution in [0.2, 0.25) is 5.02 Å². The number of H-pyrrole nitrogens is 1. The van der Waals surface area contributed by atoms with Crippen LogP contribution in [0, 0.1) is 0 Å². The summed E-state index contributed by atoms with van der Waals surface area (Å²) in [6.45, 7) is 2.74. The first kappa shape index (κ1) is 20.0. The third-order valence-electron chi connectivity index (χ3n) is 4.73. The van der Waals surface area contributed by atoms with E-state index in [9.17, 15) is 4.79 Å². The van der Waals surface area contributed by atoms with Gasteiger partial charge >= 0.3 is 0 Å². The minimum absolute atomic E-state index is 0.176. The number of hydrogen-bond acceptors (Lipinski definition) is 7. The fourth-order valence-corrected chi connectivity index (χ4v) is 5.34. The molecule has 0 radical (unpaired) electrons. The Labute approximate surface area is 190 Å². The number of hydrogen-bond donors (Lipinski definition) is 1. The van der Waals surface area contributed by atoms with Crippen molar-refractivity contribution in [3.05, 3.63) is 69.2 Å². The van der Waals surface area contributed by atoms with Crippen molar-refractivity contribution in [2.24, 2.45) is 0 Å². The second-order valence-corrected chi connectivity index (χ2v) is 8.91. The van der Waals surface area contributed by atoms with E-state index in [0.29, 0.717) is 39.1 Å². The van der Waals surface area contributed by atoms with Crippen LogP contribution in [0.25, 0.3) is 32.9 Å². The van der Waals surface area contributed by atoms with Gasteiger partial charge < -0.3 is 14.0 Å². The number of rotatable bonds is 6. The van der Waals surface area contributed by atoms with E-state index in [-0.39, 0.29) is 5.56 Å². The van der Waals surface area contributed by atoms with E-state index in [4.69, 9.17) is 16.0 Å². The van der Waals surface area contributed by atoms with Gasteiger partial charge in [0, 0.05) is 28.1 Å². The first-order valence-electron chi connectivity index (χ1n) is 9.50. The molecule has 0 bridgehead atoms. The Kier molecular flexibility index (Phi) is 5.39. The maximum absolute atomic E-state index is 12.7. The number of thioether (sulfide) groups is 1. The van der Waals surface area contributed by atoms with E-state index in [1.165, 1.54) is 23.1 Å². The highest BCUT2D eigenvalue weighted by atomic mass is 35.5. The molecule has 1 aromatic carbocycles. The largest absolute Gasteiger partial charge is 0.464 e. The first-order chi connectivity index (χ1) is 15.1. The minimum atomic E-state index is -0.176. The van der Waals surface area contributed by atoms with Gasteiger partial charge in [0.2, 0.25) is 0 Å². The Hall–Kier alpha value is -2.88. The smallest absolute Gasteiger partial charge is 0.260 e. The molecule has 0 saturated carbocycles. The van der Waals surface area contributed by atoms with Crippen LogP contribution >= 0.6 is 34.7 Å². The van der Waals surface area contributed by atoms with Gasteiger partial charge in [-0.1, -0.05) is 35.5 Å². The normalized spacial score (nSPS) is 11.4. The van der Waals surface area contributed by atoms with Crippen LogP contribution < -0.4 is 5.56 Å². The summed E-state index contributed by atoms with van der Waals surface area (Å²) in [6.07, 6.45) is 1.59. The highest BCUT2D eigenvalue weighted by molar-refractivity contribution is 7.98. The van der Waals surface area contributed by atoms with Crippen LogP contribution in [0.1, 0.15) is 12.7 Å². The predicted octanol–water partition coefficient (Wildman–Crippen LogP) is 5.47. The summed E-state index contributed by atoms with van der Waals surface area (Å²) >= 11 is 9.03. The van der Waals surface area contributed by atoms with Crippen LogP contribution in [0.15, 0.2) is 62.4 Å². The van der Waals surface area contributed by atoms with Crippen LogP contribution in [0.3, 0.4) is 0 Å². The number of benzene rings is 1. The maximum atomic E-state index is 12.7. The molecule has 4 heterocycles. The molecule has 10 heteroatoms. The molecule has 0 aliphatic carbocycles. The lowest BCUT2D eigenvalue weighted by Crippen LogP contribution is -2.11. The van der Waals surface area contributed by atoms with E-state index < -0.39 is 0 Å². The van der Waals surface area contributed by atoms with Crippen LogP contribution in [0.4, 0.5) is 0 Å². The average molecular weight is 470 g/mol. The molecule has 0 saturated heterocycles. The summed E-state index contributed by atoms with van der Waals surface area (Å²) in [4.78, 5) is 21.0. The Balaban J connectivity index is 1.42. The Morgan fingerprint density at radius 1 is 1.26 bits per heavy atom. The predicted molar refractivity (Wildman–Crippen MR) is 124 cm³/mol. The number of aromatic amines is 1. The van der Waals surface area contributed by atoms with Gasteiger partial charge in [-0.25, -0.2) is 4.98 Å². The number of aromatic nitrogens is 5. The average Bonchev–Trinajstić information content (AvgIpc) is 3.50. The standard InChI is InChI=1S/C21H16ClN5O2S2/c1-2-27-18(12-5-3-6-13(22)9-12)25-26-21(27)31-11-16-23-19(28)17-14(10-30-20(17)24-16)15-7-4-8-29-15/h3-10H,2,11H2,1H3,(H,23,24,28). The SMILES string of the molecule is CCn1c(SCc2nc3scc(-c4ccco4)c3c(=O)[nH]2)nnc1-c1cccc(Cl)c1. The lowest BCUT2D eigenvalue weighted by atomic mass is 10.2. The van der Waals surface area contributed by atoms with Crippen molar-refractivity contribution in [3.8, 4) is 22.7 Å². The Morgan fingerprint density at radius 3 is 2.94 bits per heavy atom. The molecule has 156 valence electrons. The molecule has 1 N–H and O–H groups in total. The zero-order valence-corrected chi connectivity index (χ0v) is 18.7. The van der Waals surface area contributed by atoms with Gasteiger partial charge in [0.25, 0.3) is 5.56 Å². The van der Waals surface area contributed by atoms with E-state index >= 15 is 0 Å². The summed E-state index contributed by atoms with van der Waals surface area (Å²) in [5.41, 5.74) is 1.49. The van der Waals surface area contributed by atoms with E-state index in [1.54, 1.807) is 12.3 Å². The Morgan fingerprint density at radius 2 is 2.16 bits per heavy atom. The fourth-order valence-electron chi connectivity index (χ4n) is 3.33. The van der Waals surface area contributed by atoms with Gasteiger partial charge in [0.1, 0.15) is 16.4 Å². The van der Waals surface area contributed by atoms with Crippen LogP contribution in [0.5, 0.6) is 0 Å². The second kappa shape index (κ2) is 8.33. The quantitative estimate of drug-likeness (QED) is 0.332. The molecule has 0 unspecified atom stereocenters. The van der Waals surface area contributed by atoms with E-state index in [0.717, 1.165) is 22.1 Å². The number of nitrogens with zero attached hydrogens (tertiary/aromatic N) is 4. The topological polar surface area (TPSA) is 89.6 Å². The molecule has 0 aliphatic heterocycles. The number of halogens is 1. The summed E-state index contributed by atoms with van der Waals surface area (Å²) in [6, 6.07) is 11.2. The van der Waals surface area contributed by atoms with Crippen molar-refractivity contribution in [3.63, 3.8) is 0 Å². The van der Waals surface area contributed by atoms with Crippen molar-refractivity contribution in [2.45, 2.75) is 24.4 Å². The van der Waals surface area contributed by atoms with Crippen molar-refractivity contribution in [1.29, 1.82) is 0 Å².